The van der Waals surface area contributed by atoms with Gasteiger partial charge in [-0.2, -0.15) is 0 Å². The lowest BCUT2D eigenvalue weighted by Gasteiger charge is -2.24. The molecule has 0 spiro atoms. The van der Waals surface area contributed by atoms with Crippen LogP contribution in [0, 0.1) is 0 Å². The minimum atomic E-state index is -0.106. The molecular weight excluding hydrogens is 264 g/mol. The van der Waals surface area contributed by atoms with Crippen LogP contribution in [-0.2, 0) is 22.6 Å². The van der Waals surface area contributed by atoms with Crippen molar-refractivity contribution in [3.63, 3.8) is 0 Å². The van der Waals surface area contributed by atoms with Crippen molar-refractivity contribution in [3.8, 4) is 0 Å². The van der Waals surface area contributed by atoms with E-state index in [-0.39, 0.29) is 11.8 Å². The third-order valence-corrected chi connectivity index (χ3v) is 3.83. The fourth-order valence-corrected chi connectivity index (χ4v) is 3.14. The molecule has 0 aromatic carbocycles. The predicted molar refractivity (Wildman–Crippen MR) is 74.1 cm³/mol. The van der Waals surface area contributed by atoms with Crippen molar-refractivity contribution in [2.75, 3.05) is 25.0 Å². The second kappa shape index (κ2) is 6.12. The van der Waals surface area contributed by atoms with Gasteiger partial charge in [-0.1, -0.05) is 0 Å². The van der Waals surface area contributed by atoms with E-state index in [0.717, 1.165) is 30.1 Å². The van der Waals surface area contributed by atoms with E-state index in [9.17, 15) is 9.59 Å². The van der Waals surface area contributed by atoms with Crippen molar-refractivity contribution < 1.29 is 9.59 Å². The summed E-state index contributed by atoms with van der Waals surface area (Å²) in [5, 5.41) is 6.16. The first kappa shape index (κ1) is 14.0. The summed E-state index contributed by atoms with van der Waals surface area (Å²) in [6, 6.07) is 0. The summed E-state index contributed by atoms with van der Waals surface area (Å²) in [7, 11) is 0. The number of anilines is 1. The Morgan fingerprint density at radius 2 is 2.26 bits per heavy atom. The van der Waals surface area contributed by atoms with Gasteiger partial charge in [0.1, 0.15) is 0 Å². The van der Waals surface area contributed by atoms with Gasteiger partial charge in [-0.25, -0.2) is 4.98 Å². The number of rotatable bonds is 4. The van der Waals surface area contributed by atoms with Crippen LogP contribution in [0.3, 0.4) is 0 Å². The van der Waals surface area contributed by atoms with Crippen LogP contribution in [-0.4, -0.2) is 41.3 Å². The topological polar surface area (TPSA) is 74.3 Å². The summed E-state index contributed by atoms with van der Waals surface area (Å²) in [5.74, 6) is -0.0529. The van der Waals surface area contributed by atoms with E-state index >= 15 is 0 Å². The van der Waals surface area contributed by atoms with Crippen molar-refractivity contribution >= 4 is 28.3 Å². The molecule has 1 aliphatic heterocycles. The second-order valence-electron chi connectivity index (χ2n) is 4.48. The van der Waals surface area contributed by atoms with Gasteiger partial charge in [0.25, 0.3) is 0 Å². The summed E-state index contributed by atoms with van der Waals surface area (Å²) in [4.78, 5) is 30.2. The molecule has 6 nitrogen and oxygen atoms in total. The molecule has 19 heavy (non-hydrogen) atoms. The molecule has 1 aromatic rings. The molecular formula is C12H18N4O2S. The Morgan fingerprint density at radius 1 is 1.47 bits per heavy atom. The molecule has 0 aliphatic carbocycles. The van der Waals surface area contributed by atoms with Crippen LogP contribution in [0.4, 0.5) is 5.13 Å². The van der Waals surface area contributed by atoms with Gasteiger partial charge in [-0.3, -0.25) is 14.5 Å². The highest BCUT2D eigenvalue weighted by Gasteiger charge is 2.22. The van der Waals surface area contributed by atoms with Gasteiger partial charge >= 0.3 is 0 Å². The Bertz CT molecular complexity index is 486. The van der Waals surface area contributed by atoms with Crippen LogP contribution < -0.4 is 10.6 Å². The summed E-state index contributed by atoms with van der Waals surface area (Å²) < 4.78 is 0. The van der Waals surface area contributed by atoms with E-state index in [1.165, 1.54) is 18.3 Å². The molecule has 104 valence electrons. The molecule has 2 N–H and O–H groups in total. The van der Waals surface area contributed by atoms with Gasteiger partial charge in [0.05, 0.1) is 12.2 Å². The van der Waals surface area contributed by atoms with E-state index in [1.54, 1.807) is 0 Å². The van der Waals surface area contributed by atoms with Crippen LogP contribution in [0.25, 0.3) is 0 Å². The predicted octanol–water partition coefficient (Wildman–Crippen LogP) is 0.596. The Kier molecular flexibility index (Phi) is 4.49. The minimum Gasteiger partial charge on any atom is -0.355 e. The van der Waals surface area contributed by atoms with Crippen LogP contribution >= 0.6 is 11.3 Å². The Labute approximate surface area is 116 Å². The molecule has 1 aromatic heterocycles. The molecule has 0 saturated carbocycles. The average Bonchev–Trinajstić information content (AvgIpc) is 2.69. The lowest BCUT2D eigenvalue weighted by atomic mass is 10.2. The second-order valence-corrected chi connectivity index (χ2v) is 5.57. The normalized spacial score (nSPS) is 14.8. The lowest BCUT2D eigenvalue weighted by molar-refractivity contribution is -0.122. The summed E-state index contributed by atoms with van der Waals surface area (Å²) in [5.41, 5.74) is 1.04. The SMILES string of the molecule is CCNC(=O)CN1CCc2nc(NC(C)=O)sc2C1. The van der Waals surface area contributed by atoms with Crippen LogP contribution in [0.5, 0.6) is 0 Å². The zero-order valence-electron chi connectivity index (χ0n) is 11.2. The van der Waals surface area contributed by atoms with Crippen molar-refractivity contribution in [3.05, 3.63) is 10.6 Å². The molecule has 0 fully saturated rings. The molecule has 0 radical (unpaired) electrons. The number of nitrogens with zero attached hydrogens (tertiary/aromatic N) is 2. The van der Waals surface area contributed by atoms with E-state index in [1.807, 2.05) is 6.92 Å². The zero-order valence-corrected chi connectivity index (χ0v) is 12.0. The fraction of sp³-hybridized carbons (Fsp3) is 0.583. The Hall–Kier alpha value is -1.47. The number of fused-ring (bicyclic) bond motifs is 1. The van der Waals surface area contributed by atoms with Gasteiger partial charge in [0.2, 0.25) is 11.8 Å². The summed E-state index contributed by atoms with van der Waals surface area (Å²) in [6.45, 7) is 6.01. The van der Waals surface area contributed by atoms with Crippen molar-refractivity contribution in [2.24, 2.45) is 0 Å². The number of aromatic nitrogens is 1. The van der Waals surface area contributed by atoms with Gasteiger partial charge in [0.15, 0.2) is 5.13 Å². The van der Waals surface area contributed by atoms with Crippen molar-refractivity contribution in [1.29, 1.82) is 0 Å². The zero-order chi connectivity index (χ0) is 13.8. The van der Waals surface area contributed by atoms with E-state index in [2.05, 4.69) is 20.5 Å². The van der Waals surface area contributed by atoms with Crippen LogP contribution in [0.2, 0.25) is 0 Å². The van der Waals surface area contributed by atoms with Crippen LogP contribution in [0.15, 0.2) is 0 Å². The van der Waals surface area contributed by atoms with Crippen molar-refractivity contribution in [1.82, 2.24) is 15.2 Å². The first-order chi connectivity index (χ1) is 9.08. The number of nitrogens with one attached hydrogen (secondary N) is 2. The molecule has 1 aliphatic rings. The largest absolute Gasteiger partial charge is 0.355 e. The van der Waals surface area contributed by atoms with Gasteiger partial charge in [-0.15, -0.1) is 11.3 Å². The third-order valence-electron chi connectivity index (χ3n) is 2.83. The molecule has 0 saturated heterocycles. The molecule has 7 heteroatoms. The van der Waals surface area contributed by atoms with Crippen molar-refractivity contribution in [2.45, 2.75) is 26.8 Å². The monoisotopic (exact) mass is 282 g/mol. The first-order valence-electron chi connectivity index (χ1n) is 6.33. The highest BCUT2D eigenvalue weighted by molar-refractivity contribution is 7.15. The van der Waals surface area contributed by atoms with Gasteiger partial charge in [-0.05, 0) is 6.92 Å². The minimum absolute atomic E-state index is 0.0533. The molecule has 0 atom stereocenters. The molecule has 0 unspecified atom stereocenters. The van der Waals surface area contributed by atoms with E-state index in [4.69, 9.17) is 0 Å². The number of amides is 2. The van der Waals surface area contributed by atoms with E-state index < -0.39 is 0 Å². The van der Waals surface area contributed by atoms with Crippen LogP contribution in [0.1, 0.15) is 24.4 Å². The van der Waals surface area contributed by atoms with Gasteiger partial charge < -0.3 is 10.6 Å². The summed E-state index contributed by atoms with van der Waals surface area (Å²) >= 11 is 1.49. The smallest absolute Gasteiger partial charge is 0.234 e. The Balaban J connectivity index is 1.97. The highest BCUT2D eigenvalue weighted by atomic mass is 32.1. The summed E-state index contributed by atoms with van der Waals surface area (Å²) in [6.07, 6.45) is 0.824. The average molecular weight is 282 g/mol. The first-order valence-corrected chi connectivity index (χ1v) is 7.15. The number of carbonyl (C=O) groups excluding carboxylic acids is 2. The van der Waals surface area contributed by atoms with Gasteiger partial charge in [0, 0.05) is 37.9 Å². The number of hydrogen-bond donors (Lipinski definition) is 2. The Morgan fingerprint density at radius 3 is 2.95 bits per heavy atom. The highest BCUT2D eigenvalue weighted by Crippen LogP contribution is 2.28. The fourth-order valence-electron chi connectivity index (χ4n) is 2.04. The number of hydrogen-bond acceptors (Lipinski definition) is 5. The quantitative estimate of drug-likeness (QED) is 0.848. The maximum absolute atomic E-state index is 11.6. The molecule has 2 rings (SSSR count). The molecule has 2 amide bonds. The standard InChI is InChI=1S/C12H18N4O2S/c1-3-13-11(18)7-16-5-4-9-10(6-16)19-12(15-9)14-8(2)17/h3-7H2,1-2H3,(H,13,18)(H,14,15,17). The lowest BCUT2D eigenvalue weighted by Crippen LogP contribution is -2.39. The van der Waals surface area contributed by atoms with E-state index in [0.29, 0.717) is 18.2 Å². The number of likely N-dealkylation sites (N-methyl/N-ethyl adjacent to an activating group) is 1. The molecule has 2 heterocycles. The maximum Gasteiger partial charge on any atom is 0.234 e. The molecule has 0 bridgehead atoms. The maximum atomic E-state index is 11.6. The number of carbonyl (C=O) groups is 2. The number of thiazole rings is 1. The third kappa shape index (κ3) is 3.74.